The van der Waals surface area contributed by atoms with Crippen LogP contribution in [0.2, 0.25) is 0 Å². The first-order chi connectivity index (χ1) is 7.47. The van der Waals surface area contributed by atoms with Crippen LogP contribution in [-0.2, 0) is 12.5 Å². The Hall–Kier alpha value is -1.57. The molecular formula is C14H18N2. The van der Waals surface area contributed by atoms with Crippen molar-refractivity contribution in [1.82, 2.24) is 9.55 Å². The van der Waals surface area contributed by atoms with Gasteiger partial charge in [-0.3, -0.25) is 0 Å². The average Bonchev–Trinajstić information content (AvgIpc) is 2.64. The van der Waals surface area contributed by atoms with Crippen LogP contribution in [0.5, 0.6) is 0 Å². The van der Waals surface area contributed by atoms with E-state index in [0.29, 0.717) is 0 Å². The maximum atomic E-state index is 4.34. The second-order valence-corrected chi connectivity index (χ2v) is 5.25. The molecule has 2 aromatic rings. The first-order valence-electron chi connectivity index (χ1n) is 5.56. The van der Waals surface area contributed by atoms with E-state index in [2.05, 4.69) is 50.0 Å². The van der Waals surface area contributed by atoms with E-state index >= 15 is 0 Å². The van der Waals surface area contributed by atoms with Crippen LogP contribution in [0.4, 0.5) is 0 Å². The van der Waals surface area contributed by atoms with Gasteiger partial charge in [0.05, 0.1) is 12.0 Å². The lowest BCUT2D eigenvalue weighted by molar-refractivity contribution is 0.590. The van der Waals surface area contributed by atoms with Crippen LogP contribution in [0.15, 0.2) is 36.8 Å². The number of aryl methyl sites for hydroxylation is 1. The summed E-state index contributed by atoms with van der Waals surface area (Å²) in [5, 5.41) is 0. The molecule has 0 aliphatic rings. The Balaban J connectivity index is 2.33. The number of imidazole rings is 1. The highest BCUT2D eigenvalue weighted by Crippen LogP contribution is 2.25. The van der Waals surface area contributed by atoms with Crippen LogP contribution in [0.3, 0.4) is 0 Å². The number of benzene rings is 1. The molecule has 2 nitrogen and oxygen atoms in total. The van der Waals surface area contributed by atoms with Crippen molar-refractivity contribution in [1.29, 1.82) is 0 Å². The highest BCUT2D eigenvalue weighted by Gasteiger charge is 2.13. The average molecular weight is 214 g/mol. The number of rotatable bonds is 1. The fourth-order valence-corrected chi connectivity index (χ4v) is 1.70. The van der Waals surface area contributed by atoms with Crippen LogP contribution >= 0.6 is 0 Å². The van der Waals surface area contributed by atoms with Crippen LogP contribution in [-0.4, -0.2) is 9.55 Å². The number of hydrogen-bond acceptors (Lipinski definition) is 1. The predicted molar refractivity (Wildman–Crippen MR) is 67.3 cm³/mol. The summed E-state index contributed by atoms with van der Waals surface area (Å²) in [5.41, 5.74) is 3.77. The predicted octanol–water partition coefficient (Wildman–Crippen LogP) is 3.38. The zero-order valence-electron chi connectivity index (χ0n) is 10.4. The highest BCUT2D eigenvalue weighted by molar-refractivity contribution is 5.58. The van der Waals surface area contributed by atoms with Gasteiger partial charge in [0, 0.05) is 18.8 Å². The Morgan fingerprint density at radius 2 is 1.69 bits per heavy atom. The van der Waals surface area contributed by atoms with E-state index in [-0.39, 0.29) is 5.41 Å². The molecule has 0 unspecified atom stereocenters. The SMILES string of the molecule is Cn1cnc(-c2ccc(C(C)(C)C)cc2)c1. The second-order valence-electron chi connectivity index (χ2n) is 5.25. The van der Waals surface area contributed by atoms with Gasteiger partial charge in [0.1, 0.15) is 0 Å². The summed E-state index contributed by atoms with van der Waals surface area (Å²) in [4.78, 5) is 4.34. The molecule has 0 spiro atoms. The summed E-state index contributed by atoms with van der Waals surface area (Å²) in [7, 11) is 1.99. The lowest BCUT2D eigenvalue weighted by atomic mass is 9.86. The van der Waals surface area contributed by atoms with E-state index in [4.69, 9.17) is 0 Å². The third-order valence-corrected chi connectivity index (χ3v) is 2.75. The zero-order valence-corrected chi connectivity index (χ0v) is 10.4. The summed E-state index contributed by atoms with van der Waals surface area (Å²) in [6.45, 7) is 6.67. The summed E-state index contributed by atoms with van der Waals surface area (Å²) < 4.78 is 1.97. The Labute approximate surface area is 97.0 Å². The maximum absolute atomic E-state index is 4.34. The maximum Gasteiger partial charge on any atom is 0.0951 e. The van der Waals surface area contributed by atoms with Crippen molar-refractivity contribution >= 4 is 0 Å². The molecule has 0 N–H and O–H groups in total. The normalized spacial score (nSPS) is 11.8. The Bertz CT molecular complexity index is 472. The molecule has 0 saturated heterocycles. The summed E-state index contributed by atoms with van der Waals surface area (Å²) in [5.74, 6) is 0. The lowest BCUT2D eigenvalue weighted by Crippen LogP contribution is -2.10. The standard InChI is InChI=1S/C14H18N2/c1-14(2,3)12-7-5-11(6-8-12)13-9-16(4)10-15-13/h5-10H,1-4H3. The van der Waals surface area contributed by atoms with Gasteiger partial charge in [-0.15, -0.1) is 0 Å². The molecular weight excluding hydrogens is 196 g/mol. The minimum atomic E-state index is 0.211. The molecule has 0 aliphatic carbocycles. The van der Waals surface area contributed by atoms with E-state index in [1.165, 1.54) is 11.1 Å². The van der Waals surface area contributed by atoms with Crippen molar-refractivity contribution < 1.29 is 0 Å². The van der Waals surface area contributed by atoms with Gasteiger partial charge in [-0.2, -0.15) is 0 Å². The quantitative estimate of drug-likeness (QED) is 0.711. The zero-order chi connectivity index (χ0) is 11.8. The fourth-order valence-electron chi connectivity index (χ4n) is 1.70. The van der Waals surface area contributed by atoms with Crippen LogP contribution in [0, 0.1) is 0 Å². The van der Waals surface area contributed by atoms with Gasteiger partial charge in [-0.1, -0.05) is 45.0 Å². The minimum Gasteiger partial charge on any atom is -0.340 e. The Kier molecular flexibility index (Phi) is 2.58. The lowest BCUT2D eigenvalue weighted by Gasteiger charge is -2.18. The van der Waals surface area contributed by atoms with Crippen LogP contribution in [0.25, 0.3) is 11.3 Å². The summed E-state index contributed by atoms with van der Waals surface area (Å²) in [6, 6.07) is 8.65. The van der Waals surface area contributed by atoms with Crippen molar-refractivity contribution in [2.75, 3.05) is 0 Å². The van der Waals surface area contributed by atoms with Crippen molar-refractivity contribution in [3.8, 4) is 11.3 Å². The third kappa shape index (κ3) is 2.16. The number of aromatic nitrogens is 2. The van der Waals surface area contributed by atoms with Gasteiger partial charge < -0.3 is 4.57 Å². The van der Waals surface area contributed by atoms with Crippen LogP contribution < -0.4 is 0 Å². The van der Waals surface area contributed by atoms with Gasteiger partial charge in [-0.05, 0) is 11.0 Å². The van der Waals surface area contributed by atoms with E-state index in [9.17, 15) is 0 Å². The number of nitrogens with zero attached hydrogens (tertiary/aromatic N) is 2. The fraction of sp³-hybridized carbons (Fsp3) is 0.357. The molecule has 0 saturated carbocycles. The Morgan fingerprint density at radius 1 is 1.06 bits per heavy atom. The van der Waals surface area contributed by atoms with Gasteiger partial charge in [0.2, 0.25) is 0 Å². The molecule has 1 aromatic heterocycles. The molecule has 0 atom stereocenters. The van der Waals surface area contributed by atoms with Crippen LogP contribution in [0.1, 0.15) is 26.3 Å². The third-order valence-electron chi connectivity index (χ3n) is 2.75. The topological polar surface area (TPSA) is 17.8 Å². The van der Waals surface area contributed by atoms with E-state index < -0.39 is 0 Å². The minimum absolute atomic E-state index is 0.211. The molecule has 0 radical (unpaired) electrons. The monoisotopic (exact) mass is 214 g/mol. The molecule has 1 heterocycles. The molecule has 0 bridgehead atoms. The van der Waals surface area contributed by atoms with Crippen molar-refractivity contribution in [3.63, 3.8) is 0 Å². The van der Waals surface area contributed by atoms with Gasteiger partial charge >= 0.3 is 0 Å². The Morgan fingerprint density at radius 3 is 2.12 bits per heavy atom. The van der Waals surface area contributed by atoms with Crippen molar-refractivity contribution in [2.24, 2.45) is 7.05 Å². The first-order valence-corrected chi connectivity index (χ1v) is 5.56. The number of hydrogen-bond donors (Lipinski definition) is 0. The molecule has 0 aliphatic heterocycles. The smallest absolute Gasteiger partial charge is 0.0951 e. The van der Waals surface area contributed by atoms with Gasteiger partial charge in [0.25, 0.3) is 0 Å². The summed E-state index contributed by atoms with van der Waals surface area (Å²) >= 11 is 0. The van der Waals surface area contributed by atoms with E-state index in [1.807, 2.05) is 24.1 Å². The van der Waals surface area contributed by atoms with Crippen molar-refractivity contribution in [3.05, 3.63) is 42.4 Å². The molecule has 1 aromatic carbocycles. The molecule has 0 fully saturated rings. The largest absolute Gasteiger partial charge is 0.340 e. The second kappa shape index (κ2) is 3.78. The van der Waals surface area contributed by atoms with Gasteiger partial charge in [0.15, 0.2) is 0 Å². The van der Waals surface area contributed by atoms with E-state index in [1.54, 1.807) is 0 Å². The van der Waals surface area contributed by atoms with Crippen molar-refractivity contribution in [2.45, 2.75) is 26.2 Å². The molecule has 2 heteroatoms. The summed E-state index contributed by atoms with van der Waals surface area (Å²) in [6.07, 6.45) is 3.86. The van der Waals surface area contributed by atoms with Gasteiger partial charge in [-0.25, -0.2) is 4.98 Å². The molecule has 2 rings (SSSR count). The molecule has 84 valence electrons. The highest BCUT2D eigenvalue weighted by atomic mass is 15.0. The molecule has 16 heavy (non-hydrogen) atoms. The van der Waals surface area contributed by atoms with E-state index in [0.717, 1.165) is 5.69 Å². The first kappa shape index (κ1) is 10.9. The molecule has 0 amide bonds.